The molecule has 0 spiro atoms. The minimum absolute atomic E-state index is 0.0219. The molecule has 6 rings (SSSR count). The standard InChI is InChI=1S/C32H39N7O9/c1-4-46-29(43)20-13-17(7-10-38-11-9-34-31(38)39-16-35-23-27(39)36-30(33)37-28(23)42)22-25(45-3)18-14-21(32(2,44)8-5-6-12-40)48-24(18)19(15-41)26(22)47-20/h7,9,11,13,21,31,34,40-41,44H,4-6,8,10,12,14-16H2,1-3H3,(H2,33,37,42). The van der Waals surface area contributed by atoms with Crippen LogP contribution in [-0.2, 0) is 27.4 Å². The Morgan fingerprint density at radius 2 is 2.08 bits per heavy atom. The Hall–Kier alpha value is -4.93. The minimum Gasteiger partial charge on any atom is -0.496 e. The van der Waals surface area contributed by atoms with Crippen molar-refractivity contribution in [2.45, 2.75) is 64.1 Å². The number of aliphatic hydroxyl groups is 3. The summed E-state index contributed by atoms with van der Waals surface area (Å²) in [6, 6.07) is 0. The van der Waals surface area contributed by atoms with Gasteiger partial charge in [0.25, 0.3) is 0 Å². The zero-order chi connectivity index (χ0) is 34.2. The number of nitrogens with two attached hydrogens (primary N) is 1. The smallest absolute Gasteiger partial charge is 0.374 e. The third-order valence-electron chi connectivity index (χ3n) is 8.76. The predicted molar refractivity (Wildman–Crippen MR) is 173 cm³/mol. The lowest BCUT2D eigenvalue weighted by Crippen LogP contribution is -2.53. The van der Waals surface area contributed by atoms with Crippen LogP contribution in [0, 0.1) is 0 Å². The summed E-state index contributed by atoms with van der Waals surface area (Å²) in [5, 5.41) is 34.5. The maximum Gasteiger partial charge on any atom is 0.374 e. The minimum atomic E-state index is -1.24. The molecular weight excluding hydrogens is 626 g/mol. The summed E-state index contributed by atoms with van der Waals surface area (Å²) in [6.07, 6.45) is 7.70. The van der Waals surface area contributed by atoms with Gasteiger partial charge in [-0.15, -0.1) is 0 Å². The topological polar surface area (TPSA) is 213 Å². The number of esters is 1. The number of carbonyl (C=O) groups is 2. The zero-order valence-corrected chi connectivity index (χ0v) is 26.9. The number of ether oxygens (including phenoxy) is 4. The maximum absolute atomic E-state index is 13.0. The molecule has 0 saturated heterocycles. The second-order valence-electron chi connectivity index (χ2n) is 11.9. The largest absolute Gasteiger partial charge is 0.496 e. The van der Waals surface area contributed by atoms with E-state index in [0.717, 1.165) is 0 Å². The first-order valence-corrected chi connectivity index (χ1v) is 15.7. The van der Waals surface area contributed by atoms with Gasteiger partial charge in [-0.2, -0.15) is 9.98 Å². The lowest BCUT2D eigenvalue weighted by atomic mass is 9.87. The molecule has 48 heavy (non-hydrogen) atoms. The van der Waals surface area contributed by atoms with Crippen LogP contribution < -0.4 is 25.3 Å². The Labute approximate surface area is 276 Å². The van der Waals surface area contributed by atoms with Crippen LogP contribution in [0.2, 0.25) is 0 Å². The lowest BCUT2D eigenvalue weighted by molar-refractivity contribution is -0.141. The van der Waals surface area contributed by atoms with E-state index in [1.165, 1.54) is 7.11 Å². The highest BCUT2D eigenvalue weighted by Gasteiger charge is 2.44. The summed E-state index contributed by atoms with van der Waals surface area (Å²) in [7, 11) is 1.51. The van der Waals surface area contributed by atoms with Gasteiger partial charge < -0.3 is 50.2 Å². The predicted octanol–water partition coefficient (Wildman–Crippen LogP) is 0.255. The molecule has 3 atom stereocenters. The fraction of sp³-hybridized carbons (Fsp3) is 0.469. The van der Waals surface area contributed by atoms with E-state index in [4.69, 9.17) is 24.7 Å². The molecule has 0 aromatic heterocycles. The summed E-state index contributed by atoms with van der Waals surface area (Å²) in [5.74, 6) is -0.229. The van der Waals surface area contributed by atoms with Crippen molar-refractivity contribution in [3.63, 3.8) is 0 Å². The van der Waals surface area contributed by atoms with E-state index in [2.05, 4.69) is 20.3 Å². The third kappa shape index (κ3) is 5.86. The molecule has 16 heteroatoms. The van der Waals surface area contributed by atoms with E-state index >= 15 is 0 Å². The normalized spacial score (nSPS) is 22.8. The monoisotopic (exact) mass is 665 g/mol. The molecule has 16 nitrogen and oxygen atoms in total. The van der Waals surface area contributed by atoms with Gasteiger partial charge in [-0.1, -0.05) is 6.08 Å². The van der Waals surface area contributed by atoms with Crippen LogP contribution in [0.3, 0.4) is 0 Å². The van der Waals surface area contributed by atoms with Crippen molar-refractivity contribution < 1.29 is 43.9 Å². The van der Waals surface area contributed by atoms with Crippen LogP contribution in [0.15, 0.2) is 45.3 Å². The number of allylic oxidation sites excluding steroid dienone is 2. The number of amidine groups is 1. The number of aliphatic imine (C=N–C) groups is 3. The van der Waals surface area contributed by atoms with Crippen molar-refractivity contribution in [3.8, 4) is 17.2 Å². The number of amides is 1. The number of methoxy groups -OCH3 is 1. The number of guanidine groups is 1. The number of rotatable bonds is 12. The van der Waals surface area contributed by atoms with Crippen molar-refractivity contribution in [2.24, 2.45) is 20.7 Å². The average molecular weight is 666 g/mol. The summed E-state index contributed by atoms with van der Waals surface area (Å²) in [5.41, 5.74) is 6.68. The van der Waals surface area contributed by atoms with Gasteiger partial charge in [-0.3, -0.25) is 14.7 Å². The van der Waals surface area contributed by atoms with Gasteiger partial charge in [-0.25, -0.2) is 4.79 Å². The quantitative estimate of drug-likeness (QED) is 0.150. The number of nitrogens with zero attached hydrogens (tertiary/aromatic N) is 5. The van der Waals surface area contributed by atoms with Crippen LogP contribution >= 0.6 is 0 Å². The van der Waals surface area contributed by atoms with Gasteiger partial charge >= 0.3 is 11.9 Å². The Morgan fingerprint density at radius 1 is 1.27 bits per heavy atom. The molecule has 1 aromatic carbocycles. The molecule has 1 amide bonds. The van der Waals surface area contributed by atoms with E-state index < -0.39 is 36.5 Å². The number of nitrogens with one attached hydrogen (secondary N) is 1. The summed E-state index contributed by atoms with van der Waals surface area (Å²) in [4.78, 5) is 41.3. The molecule has 0 aliphatic carbocycles. The molecule has 0 radical (unpaired) electrons. The molecule has 3 unspecified atom stereocenters. The maximum atomic E-state index is 13.0. The number of hydrogen-bond acceptors (Lipinski definition) is 15. The van der Waals surface area contributed by atoms with Crippen molar-refractivity contribution in [3.05, 3.63) is 47.0 Å². The fourth-order valence-corrected chi connectivity index (χ4v) is 6.37. The molecule has 0 saturated carbocycles. The first kappa shape index (κ1) is 33.0. The summed E-state index contributed by atoms with van der Waals surface area (Å²) < 4.78 is 23.6. The third-order valence-corrected chi connectivity index (χ3v) is 8.76. The second kappa shape index (κ2) is 13.3. The highest BCUT2D eigenvalue weighted by atomic mass is 16.6. The van der Waals surface area contributed by atoms with Crippen molar-refractivity contribution in [2.75, 3.05) is 33.5 Å². The Bertz CT molecular complexity index is 1690. The van der Waals surface area contributed by atoms with Crippen LogP contribution in [0.25, 0.3) is 5.57 Å². The molecule has 5 aliphatic rings. The van der Waals surface area contributed by atoms with Crippen molar-refractivity contribution >= 4 is 35.0 Å². The second-order valence-corrected chi connectivity index (χ2v) is 11.9. The Kier molecular flexibility index (Phi) is 9.13. The van der Waals surface area contributed by atoms with Gasteiger partial charge in [0.2, 0.25) is 11.7 Å². The first-order valence-electron chi connectivity index (χ1n) is 15.7. The van der Waals surface area contributed by atoms with Crippen molar-refractivity contribution in [1.82, 2.24) is 15.1 Å². The molecule has 0 bridgehead atoms. The number of aliphatic hydroxyl groups excluding tert-OH is 2. The highest BCUT2D eigenvalue weighted by molar-refractivity contribution is 6.69. The molecular formula is C32H39N7O9. The fourth-order valence-electron chi connectivity index (χ4n) is 6.37. The van der Waals surface area contributed by atoms with E-state index in [9.17, 15) is 24.9 Å². The number of benzene rings is 1. The van der Waals surface area contributed by atoms with Crippen molar-refractivity contribution in [1.29, 1.82) is 0 Å². The molecule has 256 valence electrons. The van der Waals surface area contributed by atoms with Gasteiger partial charge in [0.15, 0.2) is 17.8 Å². The Balaban J connectivity index is 1.37. The number of carbonyl (C=O) groups excluding carboxylic acids is 2. The number of unbranched alkanes of at least 4 members (excludes halogenated alkanes) is 1. The van der Waals surface area contributed by atoms with E-state index in [1.54, 1.807) is 31.0 Å². The molecule has 6 N–H and O–H groups in total. The summed E-state index contributed by atoms with van der Waals surface area (Å²) >= 11 is 0. The van der Waals surface area contributed by atoms with Gasteiger partial charge in [0.1, 0.15) is 30.0 Å². The van der Waals surface area contributed by atoms with Crippen LogP contribution in [0.4, 0.5) is 0 Å². The lowest BCUT2D eigenvalue weighted by Gasteiger charge is -2.34. The van der Waals surface area contributed by atoms with Crippen LogP contribution in [0.5, 0.6) is 17.2 Å². The Morgan fingerprint density at radius 3 is 2.81 bits per heavy atom. The molecule has 0 fully saturated rings. The van der Waals surface area contributed by atoms with Gasteiger partial charge in [0.05, 0.1) is 37.1 Å². The van der Waals surface area contributed by atoms with E-state index in [0.29, 0.717) is 65.4 Å². The zero-order valence-electron chi connectivity index (χ0n) is 26.9. The van der Waals surface area contributed by atoms with Crippen LogP contribution in [0.1, 0.15) is 49.8 Å². The molecule has 5 aliphatic heterocycles. The first-order chi connectivity index (χ1) is 23.1. The van der Waals surface area contributed by atoms with Gasteiger partial charge in [-0.05, 0) is 44.8 Å². The van der Waals surface area contributed by atoms with E-state index in [1.807, 2.05) is 17.2 Å². The number of hydrogen-bond donors (Lipinski definition) is 5. The van der Waals surface area contributed by atoms with Gasteiger partial charge in [0, 0.05) is 37.5 Å². The highest BCUT2D eigenvalue weighted by Crippen LogP contribution is 2.53. The number of fused-ring (bicyclic) bond motifs is 3. The molecule has 5 heterocycles. The van der Waals surface area contributed by atoms with E-state index in [-0.39, 0.29) is 49.5 Å². The van der Waals surface area contributed by atoms with Crippen LogP contribution in [-0.4, -0.2) is 106 Å². The SMILES string of the molecule is CCOC(=O)C1=CC(=CCN2C=CNC2N2CN=C3C(=O)N=C(N)N=C32)c2c(OC)c3c(c(CO)c2O1)OC(C(C)(O)CCCCO)C3. The summed E-state index contributed by atoms with van der Waals surface area (Å²) in [6.45, 7) is 3.48. The average Bonchev–Trinajstić information content (AvgIpc) is 3.81. The molecule has 1 aromatic rings.